The fourth-order valence-corrected chi connectivity index (χ4v) is 6.82. The normalized spacial score (nSPS) is 25.5. The third kappa shape index (κ3) is 11.5. The number of ether oxygens (including phenoxy) is 3. The molecule has 1 aromatic carbocycles. The van der Waals surface area contributed by atoms with Crippen LogP contribution in [-0.4, -0.2) is 147 Å². The highest BCUT2D eigenvalue weighted by molar-refractivity contribution is 7.85. The van der Waals surface area contributed by atoms with Crippen LogP contribution < -0.4 is 10.1 Å². The first-order valence-electron chi connectivity index (χ1n) is 18.1. The first kappa shape index (κ1) is 44.2. The number of benzene rings is 1. The summed E-state index contributed by atoms with van der Waals surface area (Å²) in [6.45, 7) is 4.00. The highest BCUT2D eigenvalue weighted by atomic mass is 32.2. The highest BCUT2D eigenvalue weighted by Crippen LogP contribution is 2.33. The Labute approximate surface area is 323 Å². The number of carbonyl (C=O) groups excluding carboxylic acids is 5. The van der Waals surface area contributed by atoms with Crippen molar-refractivity contribution in [2.45, 2.75) is 96.0 Å². The van der Waals surface area contributed by atoms with Gasteiger partial charge in [0.15, 0.2) is 0 Å². The number of nitrogens with one attached hydrogen (secondary N) is 1. The maximum atomic E-state index is 13.3. The Bertz CT molecular complexity index is 1780. The number of hydrogen-bond donors (Lipinski definition) is 6. The van der Waals surface area contributed by atoms with Crippen LogP contribution in [0.1, 0.15) is 57.6 Å². The van der Waals surface area contributed by atoms with Crippen molar-refractivity contribution in [2.75, 3.05) is 32.1 Å². The molecule has 1 saturated carbocycles. The predicted molar refractivity (Wildman–Crippen MR) is 192 cm³/mol. The number of hydrogen-bond acceptors (Lipinski definition) is 14. The maximum Gasteiger partial charge on any atom is 0.311 e. The van der Waals surface area contributed by atoms with E-state index in [9.17, 15) is 57.6 Å². The van der Waals surface area contributed by atoms with E-state index in [1.807, 2.05) is 0 Å². The number of nitrogens with zero attached hydrogens (tertiary/aromatic N) is 2. The second kappa shape index (κ2) is 18.6. The minimum absolute atomic E-state index is 0.0525. The molecule has 56 heavy (non-hydrogen) atoms. The fraction of sp³-hybridized carbons (Fsp3) is 0.611. The second-order valence-electron chi connectivity index (χ2n) is 15.0. The number of likely N-dealkylation sites (tertiary alicyclic amines) is 1. The molecule has 3 aliphatic rings. The Morgan fingerprint density at radius 3 is 2.27 bits per heavy atom. The van der Waals surface area contributed by atoms with Crippen molar-refractivity contribution in [1.82, 2.24) is 15.1 Å². The molecule has 7 atom stereocenters. The van der Waals surface area contributed by atoms with Crippen molar-refractivity contribution in [2.24, 2.45) is 11.3 Å². The van der Waals surface area contributed by atoms with E-state index in [4.69, 9.17) is 18.8 Å². The van der Waals surface area contributed by atoms with Gasteiger partial charge in [-0.25, -0.2) is 0 Å². The number of aryl methyl sites for hydroxylation is 1. The number of aliphatic carboxylic acids is 1. The van der Waals surface area contributed by atoms with Crippen molar-refractivity contribution >= 4 is 45.7 Å². The zero-order valence-electron chi connectivity index (χ0n) is 31.2. The van der Waals surface area contributed by atoms with Crippen LogP contribution in [0.15, 0.2) is 30.4 Å². The lowest BCUT2D eigenvalue weighted by Gasteiger charge is -2.38. The molecule has 0 radical (unpaired) electrons. The third-order valence-corrected chi connectivity index (χ3v) is 10.3. The molecule has 2 fully saturated rings. The van der Waals surface area contributed by atoms with Gasteiger partial charge in [-0.2, -0.15) is 8.42 Å². The summed E-state index contributed by atoms with van der Waals surface area (Å²) in [6.07, 6.45) is -3.15. The van der Waals surface area contributed by atoms with Crippen molar-refractivity contribution in [1.29, 1.82) is 0 Å². The average Bonchev–Trinajstić information content (AvgIpc) is 3.60. The zero-order valence-corrected chi connectivity index (χ0v) is 32.1. The van der Waals surface area contributed by atoms with Crippen molar-refractivity contribution in [3.63, 3.8) is 0 Å². The summed E-state index contributed by atoms with van der Waals surface area (Å²) in [4.78, 5) is 77.0. The molecule has 1 aromatic rings. The van der Waals surface area contributed by atoms with E-state index in [-0.39, 0.29) is 45.0 Å². The molecule has 310 valence electrons. The predicted octanol–water partition coefficient (Wildman–Crippen LogP) is -1.05. The molecule has 1 saturated heterocycles. The van der Waals surface area contributed by atoms with Gasteiger partial charge >= 0.3 is 11.9 Å². The fourth-order valence-electron chi connectivity index (χ4n) is 6.49. The van der Waals surface area contributed by atoms with Crippen LogP contribution in [0.5, 0.6) is 5.75 Å². The number of carboxylic acid groups (broad SMARTS) is 1. The van der Waals surface area contributed by atoms with Gasteiger partial charge in [0.1, 0.15) is 36.7 Å². The standard InChI is InChI=1S/C36H49N3O16S/c1-36(2,3)35(49)54-18-21-8-7-20(14-25(21)55-26-16-23(34(47)48)30(43)32(45)31(26)44)6-4-5-11-37-27(40)17-38-22(19-53-12-13-56(50,51)52)15-24(33(38)46)39-28(41)9-10-29(39)42/h7-10,14,22-24,26,30-32,43-45H,4-6,11-13,15-19H2,1-3H3,(H,37,40)(H,47,48)(H,50,51,52)/t22-,23-,24-,26+,30+,31-,32-/m0/s1. The van der Waals surface area contributed by atoms with E-state index in [2.05, 4.69) is 5.32 Å². The molecular weight excluding hydrogens is 762 g/mol. The highest BCUT2D eigenvalue weighted by Gasteiger charge is 2.48. The van der Waals surface area contributed by atoms with E-state index in [0.29, 0.717) is 24.8 Å². The SMILES string of the molecule is CC(C)(C)C(=O)OCc1ccc(CCCCNC(=O)CN2C(=O)[C@@H](N3C(=O)C=CC3=O)C[C@H]2COCCS(=O)(=O)O)cc1O[C@@H]1C[C@H](C(=O)O)[C@@H](O)[C@H](O)[C@H]1O. The van der Waals surface area contributed by atoms with E-state index < -0.39 is 106 Å². The van der Waals surface area contributed by atoms with Gasteiger partial charge in [0, 0.05) is 37.1 Å². The average molecular weight is 812 g/mol. The van der Waals surface area contributed by atoms with Crippen molar-refractivity contribution in [3.05, 3.63) is 41.5 Å². The van der Waals surface area contributed by atoms with Gasteiger partial charge in [0.2, 0.25) is 11.8 Å². The number of rotatable bonds is 18. The Morgan fingerprint density at radius 2 is 1.64 bits per heavy atom. The quantitative estimate of drug-likeness (QED) is 0.0446. The third-order valence-electron chi connectivity index (χ3n) is 9.66. The molecule has 1 aliphatic carbocycles. The van der Waals surface area contributed by atoms with Crippen LogP contribution >= 0.6 is 0 Å². The minimum atomic E-state index is -4.31. The Hall–Kier alpha value is -4.47. The number of imide groups is 1. The molecule has 2 heterocycles. The van der Waals surface area contributed by atoms with Gasteiger partial charge in [-0.15, -0.1) is 0 Å². The van der Waals surface area contributed by atoms with Gasteiger partial charge in [0.05, 0.1) is 49.0 Å². The first-order valence-corrected chi connectivity index (χ1v) is 19.7. The number of carbonyl (C=O) groups is 6. The lowest BCUT2D eigenvalue weighted by Crippen LogP contribution is -2.57. The maximum absolute atomic E-state index is 13.3. The van der Waals surface area contributed by atoms with Crippen LogP contribution in [0, 0.1) is 11.3 Å². The lowest BCUT2D eigenvalue weighted by atomic mass is 9.80. The molecule has 0 unspecified atom stereocenters. The van der Waals surface area contributed by atoms with Gasteiger partial charge in [-0.1, -0.05) is 12.1 Å². The van der Waals surface area contributed by atoms with Crippen LogP contribution in [0.25, 0.3) is 0 Å². The number of carboxylic acids is 1. The molecular formula is C36H49N3O16S. The molecule has 0 bridgehead atoms. The molecule has 19 nitrogen and oxygen atoms in total. The van der Waals surface area contributed by atoms with E-state index in [1.54, 1.807) is 39.0 Å². The molecule has 4 amide bonds. The summed E-state index contributed by atoms with van der Waals surface area (Å²) in [5.41, 5.74) is 0.353. The summed E-state index contributed by atoms with van der Waals surface area (Å²) in [7, 11) is -4.31. The van der Waals surface area contributed by atoms with Crippen molar-refractivity contribution in [3.8, 4) is 5.75 Å². The van der Waals surface area contributed by atoms with Gasteiger partial charge in [0.25, 0.3) is 21.9 Å². The van der Waals surface area contributed by atoms with Crippen LogP contribution in [0.3, 0.4) is 0 Å². The molecule has 0 aromatic heterocycles. The number of esters is 1. The largest absolute Gasteiger partial charge is 0.487 e. The summed E-state index contributed by atoms with van der Waals surface area (Å²) in [5.74, 6) is -6.34. The zero-order chi connectivity index (χ0) is 41.5. The monoisotopic (exact) mass is 811 g/mol. The Morgan fingerprint density at radius 1 is 0.964 bits per heavy atom. The Kier molecular flexibility index (Phi) is 14.7. The molecule has 4 rings (SSSR count). The van der Waals surface area contributed by atoms with Crippen LogP contribution in [-0.2, 0) is 61.4 Å². The smallest absolute Gasteiger partial charge is 0.311 e. The molecule has 0 spiro atoms. The van der Waals surface area contributed by atoms with Gasteiger partial charge in [-0.3, -0.25) is 38.2 Å². The molecule has 20 heteroatoms. The number of unbranched alkanes of at least 4 members (excludes halogenated alkanes) is 1. The number of aliphatic hydroxyl groups excluding tert-OH is 3. The van der Waals surface area contributed by atoms with Crippen LogP contribution in [0.2, 0.25) is 0 Å². The van der Waals surface area contributed by atoms with Crippen LogP contribution in [0.4, 0.5) is 0 Å². The summed E-state index contributed by atoms with van der Waals surface area (Å²) < 4.78 is 47.9. The number of amides is 4. The van der Waals surface area contributed by atoms with Gasteiger partial charge in [-0.05, 0) is 51.7 Å². The second-order valence-corrected chi connectivity index (χ2v) is 16.6. The summed E-state index contributed by atoms with van der Waals surface area (Å²) in [6, 6.07) is 3.09. The van der Waals surface area contributed by atoms with E-state index in [0.717, 1.165) is 27.5 Å². The molecule has 6 N–H and O–H groups in total. The minimum Gasteiger partial charge on any atom is -0.487 e. The summed E-state index contributed by atoms with van der Waals surface area (Å²) in [5, 5.41) is 43.4. The van der Waals surface area contributed by atoms with Crippen molar-refractivity contribution < 1.29 is 76.4 Å². The Balaban J connectivity index is 1.36. The van der Waals surface area contributed by atoms with Gasteiger partial charge < -0.3 is 44.9 Å². The first-order chi connectivity index (χ1) is 26.2. The van der Waals surface area contributed by atoms with E-state index in [1.165, 1.54) is 0 Å². The van der Waals surface area contributed by atoms with E-state index >= 15 is 0 Å². The summed E-state index contributed by atoms with van der Waals surface area (Å²) >= 11 is 0. The molecule has 2 aliphatic heterocycles. The lowest BCUT2D eigenvalue weighted by molar-refractivity contribution is -0.175. The number of aliphatic hydroxyl groups is 3. The topological polar surface area (TPSA) is 284 Å².